The normalized spacial score (nSPS) is 31.2. The first-order chi connectivity index (χ1) is 9.13. The number of aliphatic hydroxyl groups excluding tert-OH is 3. The van der Waals surface area contributed by atoms with Gasteiger partial charge < -0.3 is 20.1 Å². The molecular weight excluding hydrogens is 274 g/mol. The van der Waals surface area contributed by atoms with E-state index in [2.05, 4.69) is 9.97 Å². The molecule has 102 valence electrons. The molecule has 0 aromatic carbocycles. The fourth-order valence-corrected chi connectivity index (χ4v) is 2.50. The molecule has 3 heterocycles. The molecule has 3 rings (SSSR count). The minimum absolute atomic E-state index is 0.229. The van der Waals surface area contributed by atoms with E-state index in [9.17, 15) is 10.2 Å². The summed E-state index contributed by atoms with van der Waals surface area (Å²) in [7, 11) is 0. The van der Waals surface area contributed by atoms with Gasteiger partial charge in [0, 0.05) is 6.20 Å². The number of halogens is 1. The van der Waals surface area contributed by atoms with Gasteiger partial charge >= 0.3 is 0 Å². The maximum absolute atomic E-state index is 9.98. The fraction of sp³-hybridized carbons (Fsp3) is 0.455. The smallest absolute Gasteiger partial charge is 0.164 e. The Kier molecular flexibility index (Phi) is 3.15. The van der Waals surface area contributed by atoms with Gasteiger partial charge in [-0.25, -0.2) is 9.97 Å². The molecular formula is C11H12ClN3O4. The summed E-state index contributed by atoms with van der Waals surface area (Å²) in [5, 5.41) is 29.0. The lowest BCUT2D eigenvalue weighted by Crippen LogP contribution is -2.33. The van der Waals surface area contributed by atoms with Crippen molar-refractivity contribution in [1.82, 2.24) is 14.5 Å². The monoisotopic (exact) mass is 285 g/mol. The molecule has 0 bridgehead atoms. The molecule has 2 aromatic heterocycles. The van der Waals surface area contributed by atoms with E-state index in [-0.39, 0.29) is 11.8 Å². The first-order valence-corrected chi connectivity index (χ1v) is 6.10. The van der Waals surface area contributed by atoms with Crippen molar-refractivity contribution in [3.63, 3.8) is 0 Å². The highest BCUT2D eigenvalue weighted by Crippen LogP contribution is 2.33. The van der Waals surface area contributed by atoms with E-state index in [4.69, 9.17) is 21.4 Å². The topological polar surface area (TPSA) is 101 Å². The number of rotatable bonds is 2. The van der Waals surface area contributed by atoms with Crippen LogP contribution >= 0.6 is 11.6 Å². The summed E-state index contributed by atoms with van der Waals surface area (Å²) in [5.74, 6) is 0. The average molecular weight is 286 g/mol. The van der Waals surface area contributed by atoms with Crippen molar-refractivity contribution in [3.8, 4) is 0 Å². The molecule has 0 amide bonds. The molecule has 0 saturated carbocycles. The molecule has 1 aliphatic heterocycles. The summed E-state index contributed by atoms with van der Waals surface area (Å²) in [6, 6.07) is 1.68. The third-order valence-electron chi connectivity index (χ3n) is 3.23. The highest BCUT2D eigenvalue weighted by atomic mass is 35.5. The van der Waals surface area contributed by atoms with Crippen LogP contribution in [-0.4, -0.2) is 54.8 Å². The van der Waals surface area contributed by atoms with Gasteiger partial charge in [0.2, 0.25) is 0 Å². The third-order valence-corrected chi connectivity index (χ3v) is 3.51. The van der Waals surface area contributed by atoms with Gasteiger partial charge in [0.15, 0.2) is 11.4 Å². The van der Waals surface area contributed by atoms with Crippen LogP contribution in [0.15, 0.2) is 18.6 Å². The summed E-state index contributed by atoms with van der Waals surface area (Å²) < 4.78 is 6.94. The molecule has 4 atom stereocenters. The van der Waals surface area contributed by atoms with Crippen LogP contribution in [0.25, 0.3) is 11.0 Å². The van der Waals surface area contributed by atoms with Crippen LogP contribution in [0.1, 0.15) is 6.23 Å². The van der Waals surface area contributed by atoms with Crippen LogP contribution < -0.4 is 0 Å². The van der Waals surface area contributed by atoms with Gasteiger partial charge in [-0.1, -0.05) is 11.6 Å². The number of nitrogens with zero attached hydrogens (tertiary/aromatic N) is 3. The minimum Gasteiger partial charge on any atom is -0.394 e. The number of hydrogen-bond donors (Lipinski definition) is 3. The largest absolute Gasteiger partial charge is 0.394 e. The van der Waals surface area contributed by atoms with Gasteiger partial charge in [-0.05, 0) is 6.07 Å². The molecule has 19 heavy (non-hydrogen) atoms. The Morgan fingerprint density at radius 2 is 2.11 bits per heavy atom. The molecule has 3 N–H and O–H groups in total. The first-order valence-electron chi connectivity index (χ1n) is 5.73. The number of imidazole rings is 1. The van der Waals surface area contributed by atoms with Gasteiger partial charge in [0.1, 0.15) is 23.8 Å². The van der Waals surface area contributed by atoms with E-state index < -0.39 is 24.5 Å². The van der Waals surface area contributed by atoms with Crippen molar-refractivity contribution < 1.29 is 20.1 Å². The lowest BCUT2D eigenvalue weighted by atomic mass is 10.1. The molecule has 4 unspecified atom stereocenters. The lowest BCUT2D eigenvalue weighted by Gasteiger charge is -2.17. The van der Waals surface area contributed by atoms with E-state index in [1.54, 1.807) is 6.07 Å². The molecule has 7 nitrogen and oxygen atoms in total. The summed E-state index contributed by atoms with van der Waals surface area (Å²) >= 11 is 6.02. The standard InChI is InChI=1S/C11H12ClN3O4/c12-10-7-5(1-2-13-10)14-4-15(7)11-9(18)8(17)6(3-16)19-11/h1-2,4,6,8-9,11,16-18H,3H2. The minimum atomic E-state index is -1.18. The summed E-state index contributed by atoms with van der Waals surface area (Å²) in [6.45, 7) is -0.382. The maximum atomic E-state index is 9.98. The fourth-order valence-electron chi connectivity index (χ4n) is 2.25. The zero-order valence-corrected chi connectivity index (χ0v) is 10.5. The molecule has 0 radical (unpaired) electrons. The van der Waals surface area contributed by atoms with Crippen LogP contribution in [0.3, 0.4) is 0 Å². The Morgan fingerprint density at radius 1 is 1.32 bits per heavy atom. The second-order valence-corrected chi connectivity index (χ2v) is 4.71. The molecule has 8 heteroatoms. The van der Waals surface area contributed by atoms with E-state index >= 15 is 0 Å². The van der Waals surface area contributed by atoms with E-state index in [1.165, 1.54) is 17.1 Å². The molecule has 2 aromatic rings. The number of pyridine rings is 1. The van der Waals surface area contributed by atoms with Gasteiger partial charge in [0.25, 0.3) is 0 Å². The summed E-state index contributed by atoms with van der Waals surface area (Å²) in [4.78, 5) is 8.09. The van der Waals surface area contributed by atoms with Crippen LogP contribution in [-0.2, 0) is 4.74 Å². The van der Waals surface area contributed by atoms with Crippen molar-refractivity contribution in [2.24, 2.45) is 0 Å². The zero-order chi connectivity index (χ0) is 13.6. The van der Waals surface area contributed by atoms with Crippen LogP contribution in [0.4, 0.5) is 0 Å². The van der Waals surface area contributed by atoms with Crippen molar-refractivity contribution in [2.75, 3.05) is 6.61 Å². The van der Waals surface area contributed by atoms with Gasteiger partial charge in [-0.15, -0.1) is 0 Å². The third kappa shape index (κ3) is 1.90. The van der Waals surface area contributed by atoms with E-state index in [1.807, 2.05) is 0 Å². The van der Waals surface area contributed by atoms with Gasteiger partial charge in [-0.3, -0.25) is 4.57 Å². The lowest BCUT2D eigenvalue weighted by molar-refractivity contribution is -0.0508. The first kappa shape index (κ1) is 12.8. The highest BCUT2D eigenvalue weighted by molar-refractivity contribution is 6.33. The van der Waals surface area contributed by atoms with Crippen LogP contribution in [0, 0.1) is 0 Å². The maximum Gasteiger partial charge on any atom is 0.164 e. The van der Waals surface area contributed by atoms with Gasteiger partial charge in [0.05, 0.1) is 18.5 Å². The number of ether oxygens (including phenoxy) is 1. The predicted octanol–water partition coefficient (Wildman–Crippen LogP) is -0.304. The SMILES string of the molecule is OCC1OC(n2cnc3ccnc(Cl)c32)C(O)C1O. The van der Waals surface area contributed by atoms with Crippen molar-refractivity contribution in [1.29, 1.82) is 0 Å². The molecule has 0 spiro atoms. The Morgan fingerprint density at radius 3 is 2.79 bits per heavy atom. The Bertz CT molecular complexity index is 605. The Hall–Kier alpha value is -1.25. The number of fused-ring (bicyclic) bond motifs is 1. The van der Waals surface area contributed by atoms with Crippen LogP contribution in [0.5, 0.6) is 0 Å². The second kappa shape index (κ2) is 4.69. The molecule has 1 fully saturated rings. The summed E-state index contributed by atoms with van der Waals surface area (Å²) in [6.07, 6.45) is -1.06. The Labute approximate surface area is 113 Å². The summed E-state index contributed by atoms with van der Waals surface area (Å²) in [5.41, 5.74) is 1.12. The van der Waals surface area contributed by atoms with Crippen molar-refractivity contribution >= 4 is 22.6 Å². The van der Waals surface area contributed by atoms with E-state index in [0.717, 1.165) is 0 Å². The van der Waals surface area contributed by atoms with Crippen molar-refractivity contribution in [2.45, 2.75) is 24.5 Å². The Balaban J connectivity index is 2.06. The van der Waals surface area contributed by atoms with Gasteiger partial charge in [-0.2, -0.15) is 0 Å². The molecule has 1 aliphatic rings. The average Bonchev–Trinajstić information content (AvgIpc) is 2.94. The second-order valence-electron chi connectivity index (χ2n) is 4.35. The molecule has 1 saturated heterocycles. The number of hydrogen-bond acceptors (Lipinski definition) is 6. The predicted molar refractivity (Wildman–Crippen MR) is 65.5 cm³/mol. The van der Waals surface area contributed by atoms with Crippen LogP contribution in [0.2, 0.25) is 5.15 Å². The quantitative estimate of drug-likeness (QED) is 0.655. The molecule has 0 aliphatic carbocycles. The number of aromatic nitrogens is 3. The van der Waals surface area contributed by atoms with E-state index in [0.29, 0.717) is 11.0 Å². The zero-order valence-electron chi connectivity index (χ0n) is 9.72. The van der Waals surface area contributed by atoms with Crippen molar-refractivity contribution in [3.05, 3.63) is 23.7 Å². The number of aliphatic hydroxyl groups is 3. The highest BCUT2D eigenvalue weighted by Gasteiger charge is 2.43.